The van der Waals surface area contributed by atoms with Crippen molar-refractivity contribution in [3.05, 3.63) is 40.7 Å². The van der Waals surface area contributed by atoms with Crippen LogP contribution in [0.1, 0.15) is 30.6 Å². The van der Waals surface area contributed by atoms with Crippen molar-refractivity contribution < 1.29 is 8.42 Å². The number of anilines is 1. The summed E-state index contributed by atoms with van der Waals surface area (Å²) in [5, 5.41) is 2.08. The zero-order valence-electron chi connectivity index (χ0n) is 13.5. The summed E-state index contributed by atoms with van der Waals surface area (Å²) >= 11 is 1.74. The lowest BCUT2D eigenvalue weighted by molar-refractivity contribution is 0.477. The molecule has 2 aromatic rings. The summed E-state index contributed by atoms with van der Waals surface area (Å²) in [7, 11) is -3.38. The number of rotatable bonds is 6. The number of pyridine rings is 1. The second-order valence-corrected chi connectivity index (χ2v) is 9.37. The van der Waals surface area contributed by atoms with Gasteiger partial charge in [0.1, 0.15) is 10.7 Å². The van der Waals surface area contributed by atoms with Gasteiger partial charge in [0.25, 0.3) is 0 Å². The molecule has 0 atom stereocenters. The standard InChI is InChI=1S/C17H21N3O2S2/c21-24(22,19-9-1-2-10-19)16-7-8-17(18-12-16)20(14-5-6-14)13-15-4-3-11-23-15/h3-4,7-8,11-12,14H,1-2,5-6,9-10,13H2. The summed E-state index contributed by atoms with van der Waals surface area (Å²) in [4.78, 5) is 8.38. The maximum absolute atomic E-state index is 12.6. The van der Waals surface area contributed by atoms with Crippen LogP contribution in [0.15, 0.2) is 40.7 Å². The van der Waals surface area contributed by atoms with Gasteiger partial charge < -0.3 is 4.90 Å². The van der Waals surface area contributed by atoms with Crippen LogP contribution in [0.5, 0.6) is 0 Å². The molecule has 2 fully saturated rings. The van der Waals surface area contributed by atoms with Crippen molar-refractivity contribution in [3.8, 4) is 0 Å². The molecule has 1 aliphatic carbocycles. The SMILES string of the molecule is O=S(=O)(c1ccc(N(Cc2cccs2)C2CC2)nc1)N1CCCC1. The Morgan fingerprint density at radius 3 is 2.58 bits per heavy atom. The molecule has 0 N–H and O–H groups in total. The first-order valence-electron chi connectivity index (χ1n) is 8.40. The molecular weight excluding hydrogens is 342 g/mol. The van der Waals surface area contributed by atoms with Crippen LogP contribution in [0, 0.1) is 0 Å². The normalized spacial score (nSPS) is 18.8. The fourth-order valence-corrected chi connectivity index (χ4v) is 5.29. The van der Waals surface area contributed by atoms with Gasteiger partial charge in [-0.2, -0.15) is 4.31 Å². The topological polar surface area (TPSA) is 53.5 Å². The minimum atomic E-state index is -3.38. The minimum absolute atomic E-state index is 0.306. The third-order valence-electron chi connectivity index (χ3n) is 4.61. The van der Waals surface area contributed by atoms with Crippen LogP contribution in [-0.2, 0) is 16.6 Å². The molecule has 24 heavy (non-hydrogen) atoms. The highest BCUT2D eigenvalue weighted by molar-refractivity contribution is 7.89. The van der Waals surface area contributed by atoms with Crippen molar-refractivity contribution in [1.29, 1.82) is 0 Å². The first-order valence-corrected chi connectivity index (χ1v) is 10.7. The molecule has 0 spiro atoms. The molecule has 1 saturated heterocycles. The van der Waals surface area contributed by atoms with Crippen molar-refractivity contribution in [2.75, 3.05) is 18.0 Å². The lowest BCUT2D eigenvalue weighted by atomic mass is 10.3. The molecule has 3 heterocycles. The Balaban J connectivity index is 1.55. The molecule has 0 radical (unpaired) electrons. The summed E-state index contributed by atoms with van der Waals surface area (Å²) in [5.41, 5.74) is 0. The Kier molecular flexibility index (Phi) is 4.32. The zero-order chi connectivity index (χ0) is 16.6. The molecule has 0 amide bonds. The van der Waals surface area contributed by atoms with E-state index in [0.717, 1.165) is 25.2 Å². The highest BCUT2D eigenvalue weighted by atomic mass is 32.2. The van der Waals surface area contributed by atoms with Gasteiger partial charge >= 0.3 is 0 Å². The molecule has 128 valence electrons. The second-order valence-electron chi connectivity index (χ2n) is 6.40. The van der Waals surface area contributed by atoms with Crippen LogP contribution in [-0.4, -0.2) is 36.8 Å². The lowest BCUT2D eigenvalue weighted by Crippen LogP contribution is -2.28. The molecular formula is C17H21N3O2S2. The van der Waals surface area contributed by atoms with Gasteiger partial charge in [-0.3, -0.25) is 0 Å². The van der Waals surface area contributed by atoms with E-state index in [1.807, 2.05) is 6.07 Å². The molecule has 4 rings (SSSR count). The molecule has 1 saturated carbocycles. The molecule has 1 aliphatic heterocycles. The predicted octanol–water partition coefficient (Wildman–Crippen LogP) is 3.10. The van der Waals surface area contributed by atoms with Crippen LogP contribution in [0.2, 0.25) is 0 Å². The minimum Gasteiger partial charge on any atom is -0.348 e. The second kappa shape index (κ2) is 6.46. The van der Waals surface area contributed by atoms with Crippen molar-refractivity contribution in [2.24, 2.45) is 0 Å². The molecule has 0 aromatic carbocycles. The molecule has 2 aliphatic rings. The number of aromatic nitrogens is 1. The van der Waals surface area contributed by atoms with E-state index in [1.54, 1.807) is 21.7 Å². The Morgan fingerprint density at radius 1 is 1.21 bits per heavy atom. The largest absolute Gasteiger partial charge is 0.348 e. The number of hydrogen-bond acceptors (Lipinski definition) is 5. The monoisotopic (exact) mass is 363 g/mol. The van der Waals surface area contributed by atoms with E-state index in [1.165, 1.54) is 23.9 Å². The summed E-state index contributed by atoms with van der Waals surface area (Å²) in [6.07, 6.45) is 5.77. The maximum atomic E-state index is 12.6. The summed E-state index contributed by atoms with van der Waals surface area (Å²) in [5.74, 6) is 0.867. The number of thiophene rings is 1. The van der Waals surface area contributed by atoms with Crippen LogP contribution < -0.4 is 4.90 Å². The maximum Gasteiger partial charge on any atom is 0.244 e. The van der Waals surface area contributed by atoms with E-state index in [9.17, 15) is 8.42 Å². The quantitative estimate of drug-likeness (QED) is 0.791. The molecule has 2 aromatic heterocycles. The van der Waals surface area contributed by atoms with E-state index in [0.29, 0.717) is 24.0 Å². The van der Waals surface area contributed by atoms with E-state index >= 15 is 0 Å². The van der Waals surface area contributed by atoms with E-state index < -0.39 is 10.0 Å². The first kappa shape index (κ1) is 16.1. The fourth-order valence-electron chi connectivity index (χ4n) is 3.13. The van der Waals surface area contributed by atoms with Gasteiger partial charge in [-0.25, -0.2) is 13.4 Å². The third-order valence-corrected chi connectivity index (χ3v) is 7.36. The van der Waals surface area contributed by atoms with E-state index in [4.69, 9.17) is 0 Å². The number of hydrogen-bond donors (Lipinski definition) is 0. The van der Waals surface area contributed by atoms with Crippen molar-refractivity contribution in [2.45, 2.75) is 43.2 Å². The molecule has 0 unspecified atom stereocenters. The van der Waals surface area contributed by atoms with Gasteiger partial charge in [-0.05, 0) is 49.3 Å². The van der Waals surface area contributed by atoms with Gasteiger partial charge in [0.15, 0.2) is 0 Å². The van der Waals surface area contributed by atoms with Crippen LogP contribution in [0.3, 0.4) is 0 Å². The fraction of sp³-hybridized carbons (Fsp3) is 0.471. The van der Waals surface area contributed by atoms with Crippen molar-refractivity contribution in [3.63, 3.8) is 0 Å². The zero-order valence-corrected chi connectivity index (χ0v) is 15.1. The van der Waals surface area contributed by atoms with Crippen molar-refractivity contribution >= 4 is 27.2 Å². The number of nitrogens with zero attached hydrogens (tertiary/aromatic N) is 3. The molecule has 7 heteroatoms. The molecule has 0 bridgehead atoms. The van der Waals surface area contributed by atoms with Gasteiger partial charge in [0.05, 0.1) is 6.54 Å². The van der Waals surface area contributed by atoms with Crippen LogP contribution in [0.25, 0.3) is 0 Å². The third kappa shape index (κ3) is 3.20. The Morgan fingerprint density at radius 2 is 2.00 bits per heavy atom. The first-order chi connectivity index (χ1) is 11.6. The van der Waals surface area contributed by atoms with Gasteiger partial charge in [-0.15, -0.1) is 11.3 Å². The Bertz CT molecular complexity index is 778. The Labute approximate surface area is 147 Å². The lowest BCUT2D eigenvalue weighted by Gasteiger charge is -2.23. The highest BCUT2D eigenvalue weighted by Crippen LogP contribution is 2.33. The van der Waals surface area contributed by atoms with Crippen LogP contribution in [0.4, 0.5) is 5.82 Å². The predicted molar refractivity (Wildman–Crippen MR) is 95.8 cm³/mol. The van der Waals surface area contributed by atoms with Crippen molar-refractivity contribution in [1.82, 2.24) is 9.29 Å². The van der Waals surface area contributed by atoms with E-state index in [-0.39, 0.29) is 0 Å². The van der Waals surface area contributed by atoms with Crippen LogP contribution >= 0.6 is 11.3 Å². The summed E-state index contributed by atoms with van der Waals surface area (Å²) in [6.45, 7) is 2.08. The van der Waals surface area contributed by atoms with Gasteiger partial charge in [0, 0.05) is 30.2 Å². The number of sulfonamides is 1. The van der Waals surface area contributed by atoms with Gasteiger partial charge in [0.2, 0.25) is 10.0 Å². The van der Waals surface area contributed by atoms with E-state index in [2.05, 4.69) is 27.4 Å². The highest BCUT2D eigenvalue weighted by Gasteiger charge is 2.31. The average Bonchev–Trinajstić information content (AvgIpc) is 3.06. The average molecular weight is 364 g/mol. The smallest absolute Gasteiger partial charge is 0.244 e. The summed E-state index contributed by atoms with van der Waals surface area (Å²) < 4.78 is 26.7. The summed E-state index contributed by atoms with van der Waals surface area (Å²) in [6, 6.07) is 8.28. The van der Waals surface area contributed by atoms with Gasteiger partial charge in [-0.1, -0.05) is 6.07 Å². The Hall–Kier alpha value is -1.44. The molecule has 5 nitrogen and oxygen atoms in total.